The van der Waals surface area contributed by atoms with E-state index in [2.05, 4.69) is 11.4 Å². The molecule has 0 spiro atoms. The summed E-state index contributed by atoms with van der Waals surface area (Å²) in [5.41, 5.74) is 1.57. The third kappa shape index (κ3) is 4.73. The fourth-order valence-electron chi connectivity index (χ4n) is 2.04. The summed E-state index contributed by atoms with van der Waals surface area (Å²) in [5, 5.41) is 11.9. The number of hydrogen-bond donors (Lipinski definition) is 1. The van der Waals surface area contributed by atoms with Crippen LogP contribution in [0.25, 0.3) is 0 Å². The number of carbonyl (C=O) groups is 1. The van der Waals surface area contributed by atoms with Crippen LogP contribution in [-0.4, -0.2) is 12.0 Å². The first-order valence-electron chi connectivity index (χ1n) is 7.32. The average Bonchev–Trinajstić information content (AvgIpc) is 2.56. The van der Waals surface area contributed by atoms with Crippen LogP contribution in [0.15, 0.2) is 48.5 Å². The smallest absolute Gasteiger partial charge is 0.265 e. The van der Waals surface area contributed by atoms with Crippen molar-refractivity contribution in [1.82, 2.24) is 0 Å². The van der Waals surface area contributed by atoms with Gasteiger partial charge < -0.3 is 10.1 Å². The lowest BCUT2D eigenvalue weighted by Gasteiger charge is -2.18. The van der Waals surface area contributed by atoms with E-state index < -0.39 is 6.10 Å². The number of benzene rings is 2. The molecule has 1 N–H and O–H groups in total. The zero-order valence-corrected chi connectivity index (χ0v) is 13.5. The summed E-state index contributed by atoms with van der Waals surface area (Å²) in [6, 6.07) is 16.3. The molecule has 0 saturated heterocycles. The van der Waals surface area contributed by atoms with Crippen molar-refractivity contribution in [3.05, 3.63) is 59.1 Å². The highest BCUT2D eigenvalue weighted by Crippen LogP contribution is 2.25. The van der Waals surface area contributed by atoms with E-state index in [1.165, 1.54) is 0 Å². The standard InChI is InChI=1S/C18H17ClN2O2/c1-2-16(23-17-6-4-3-5-15(17)19)18(22)21-14-9-7-13(8-10-14)11-12-20/h3-10,16H,2,11H2,1H3,(H,21,22)/t16-/m0/s1. The second-order valence-electron chi connectivity index (χ2n) is 4.97. The minimum absolute atomic E-state index is 0.236. The molecule has 0 fully saturated rings. The number of ether oxygens (including phenoxy) is 1. The maximum absolute atomic E-state index is 12.3. The molecule has 2 aromatic rings. The molecule has 2 aromatic carbocycles. The van der Waals surface area contributed by atoms with Crippen LogP contribution in [0.1, 0.15) is 18.9 Å². The van der Waals surface area contributed by atoms with Crippen molar-refractivity contribution in [2.24, 2.45) is 0 Å². The van der Waals surface area contributed by atoms with Crippen molar-refractivity contribution >= 4 is 23.2 Å². The van der Waals surface area contributed by atoms with Crippen LogP contribution in [0, 0.1) is 11.3 Å². The van der Waals surface area contributed by atoms with Crippen LogP contribution in [0.3, 0.4) is 0 Å². The average molecular weight is 329 g/mol. The molecule has 4 nitrogen and oxygen atoms in total. The fraction of sp³-hybridized carbons (Fsp3) is 0.222. The first kappa shape index (κ1) is 16.9. The van der Waals surface area contributed by atoms with Crippen molar-refractivity contribution in [3.63, 3.8) is 0 Å². The second-order valence-corrected chi connectivity index (χ2v) is 5.37. The molecular weight excluding hydrogens is 312 g/mol. The van der Waals surface area contributed by atoms with Crippen molar-refractivity contribution in [3.8, 4) is 11.8 Å². The van der Waals surface area contributed by atoms with E-state index in [1.807, 2.05) is 19.1 Å². The van der Waals surface area contributed by atoms with E-state index in [9.17, 15) is 4.79 Å². The Balaban J connectivity index is 2.02. The Morgan fingerprint density at radius 3 is 2.57 bits per heavy atom. The molecule has 2 rings (SSSR count). The number of halogens is 1. The van der Waals surface area contributed by atoms with Crippen LogP contribution >= 0.6 is 11.6 Å². The number of para-hydroxylation sites is 1. The summed E-state index contributed by atoms with van der Waals surface area (Å²) in [5.74, 6) is 0.251. The normalized spacial score (nSPS) is 11.3. The highest BCUT2D eigenvalue weighted by molar-refractivity contribution is 6.32. The Bertz CT molecular complexity index is 708. The number of nitriles is 1. The number of amides is 1. The lowest BCUT2D eigenvalue weighted by atomic mass is 10.1. The zero-order chi connectivity index (χ0) is 16.7. The maximum Gasteiger partial charge on any atom is 0.265 e. The number of hydrogen-bond acceptors (Lipinski definition) is 3. The molecule has 0 aliphatic carbocycles. The van der Waals surface area contributed by atoms with E-state index in [4.69, 9.17) is 21.6 Å². The Kier molecular flexibility index (Phi) is 6.02. The highest BCUT2D eigenvalue weighted by Gasteiger charge is 2.19. The lowest BCUT2D eigenvalue weighted by Crippen LogP contribution is -2.32. The highest BCUT2D eigenvalue weighted by atomic mass is 35.5. The van der Waals surface area contributed by atoms with E-state index in [0.717, 1.165) is 5.56 Å². The molecular formula is C18H17ClN2O2. The SMILES string of the molecule is CC[C@H](Oc1ccccc1Cl)C(=O)Nc1ccc(CC#N)cc1. The summed E-state index contributed by atoms with van der Waals surface area (Å²) in [6.45, 7) is 1.87. The topological polar surface area (TPSA) is 62.1 Å². The molecule has 0 bridgehead atoms. The predicted octanol–water partition coefficient (Wildman–Crippen LogP) is 4.20. The number of nitrogens with zero attached hydrogens (tertiary/aromatic N) is 1. The van der Waals surface area contributed by atoms with Crippen LogP contribution in [0.5, 0.6) is 5.75 Å². The molecule has 0 aliphatic heterocycles. The van der Waals surface area contributed by atoms with Gasteiger partial charge in [0.2, 0.25) is 0 Å². The zero-order valence-electron chi connectivity index (χ0n) is 12.8. The van der Waals surface area contributed by atoms with Gasteiger partial charge in [-0.05, 0) is 36.2 Å². The van der Waals surface area contributed by atoms with Gasteiger partial charge in [-0.25, -0.2) is 0 Å². The van der Waals surface area contributed by atoms with Gasteiger partial charge in [0.15, 0.2) is 6.10 Å². The second kappa shape index (κ2) is 8.21. The fourth-order valence-corrected chi connectivity index (χ4v) is 2.22. The minimum Gasteiger partial charge on any atom is -0.479 e. The molecule has 1 amide bonds. The van der Waals surface area contributed by atoms with Crippen LogP contribution in [0.4, 0.5) is 5.69 Å². The molecule has 23 heavy (non-hydrogen) atoms. The van der Waals surface area contributed by atoms with E-state index in [1.54, 1.807) is 36.4 Å². The van der Waals surface area contributed by atoms with Crippen molar-refractivity contribution < 1.29 is 9.53 Å². The Labute approximate surface area is 140 Å². The molecule has 0 unspecified atom stereocenters. The largest absolute Gasteiger partial charge is 0.479 e. The number of nitrogens with one attached hydrogen (secondary N) is 1. The van der Waals surface area contributed by atoms with Gasteiger partial charge in [0.1, 0.15) is 5.75 Å². The van der Waals surface area contributed by atoms with Gasteiger partial charge in [-0.3, -0.25) is 4.79 Å². The van der Waals surface area contributed by atoms with Gasteiger partial charge in [-0.15, -0.1) is 0 Å². The van der Waals surface area contributed by atoms with Gasteiger partial charge in [0, 0.05) is 5.69 Å². The van der Waals surface area contributed by atoms with E-state index in [0.29, 0.717) is 29.3 Å². The summed E-state index contributed by atoms with van der Waals surface area (Å²) < 4.78 is 5.70. The maximum atomic E-state index is 12.3. The first-order chi connectivity index (χ1) is 11.1. The Morgan fingerprint density at radius 1 is 1.26 bits per heavy atom. The predicted molar refractivity (Wildman–Crippen MR) is 90.5 cm³/mol. The van der Waals surface area contributed by atoms with Gasteiger partial charge >= 0.3 is 0 Å². The van der Waals surface area contributed by atoms with Gasteiger partial charge in [0.25, 0.3) is 5.91 Å². The molecule has 1 atom stereocenters. The van der Waals surface area contributed by atoms with Crippen LogP contribution < -0.4 is 10.1 Å². The number of anilines is 1. The van der Waals surface area contributed by atoms with Gasteiger partial charge in [-0.1, -0.05) is 42.8 Å². The third-order valence-corrected chi connectivity index (χ3v) is 3.59. The van der Waals surface area contributed by atoms with Crippen molar-refractivity contribution in [2.75, 3.05) is 5.32 Å². The number of rotatable bonds is 6. The number of carbonyl (C=O) groups excluding carboxylic acids is 1. The van der Waals surface area contributed by atoms with E-state index in [-0.39, 0.29) is 5.91 Å². The molecule has 0 radical (unpaired) electrons. The molecule has 0 aromatic heterocycles. The molecule has 0 aliphatic rings. The quantitative estimate of drug-likeness (QED) is 0.864. The monoisotopic (exact) mass is 328 g/mol. The van der Waals surface area contributed by atoms with Crippen molar-refractivity contribution in [2.45, 2.75) is 25.9 Å². The Hall–Kier alpha value is -2.51. The van der Waals surface area contributed by atoms with E-state index >= 15 is 0 Å². The lowest BCUT2D eigenvalue weighted by molar-refractivity contribution is -0.122. The molecule has 5 heteroatoms. The van der Waals surface area contributed by atoms with Gasteiger partial charge in [0.05, 0.1) is 17.5 Å². The summed E-state index contributed by atoms with van der Waals surface area (Å²) in [7, 11) is 0. The minimum atomic E-state index is -0.631. The van der Waals surface area contributed by atoms with Crippen LogP contribution in [-0.2, 0) is 11.2 Å². The van der Waals surface area contributed by atoms with Gasteiger partial charge in [-0.2, -0.15) is 5.26 Å². The summed E-state index contributed by atoms with van der Waals surface area (Å²) in [6.07, 6.45) is 0.235. The third-order valence-electron chi connectivity index (χ3n) is 3.27. The molecule has 0 heterocycles. The first-order valence-corrected chi connectivity index (χ1v) is 7.69. The molecule has 118 valence electrons. The summed E-state index contributed by atoms with van der Waals surface area (Å²) >= 11 is 6.05. The van der Waals surface area contributed by atoms with Crippen molar-refractivity contribution in [1.29, 1.82) is 5.26 Å². The Morgan fingerprint density at radius 2 is 1.96 bits per heavy atom. The molecule has 0 saturated carbocycles. The van der Waals surface area contributed by atoms with Crippen LogP contribution in [0.2, 0.25) is 5.02 Å². The summed E-state index contributed by atoms with van der Waals surface area (Å²) in [4.78, 5) is 12.3.